The number of ether oxygens (including phenoxy) is 2. The number of aryl methyl sites for hydroxylation is 1. The van der Waals surface area contributed by atoms with Gasteiger partial charge in [-0.1, -0.05) is 37.3 Å². The molecule has 2 rings (SSSR count). The van der Waals surface area contributed by atoms with Crippen LogP contribution >= 0.6 is 0 Å². The highest BCUT2D eigenvalue weighted by Gasteiger charge is 2.10. The molecule has 0 saturated heterocycles. The van der Waals surface area contributed by atoms with Crippen molar-refractivity contribution in [1.82, 2.24) is 5.32 Å². The second-order valence-corrected chi connectivity index (χ2v) is 5.22. The van der Waals surface area contributed by atoms with Gasteiger partial charge in [-0.25, -0.2) is 4.79 Å². The summed E-state index contributed by atoms with van der Waals surface area (Å²) in [6.07, 6.45) is 0.903. The van der Waals surface area contributed by atoms with Crippen LogP contribution in [0, 0.1) is 0 Å². The summed E-state index contributed by atoms with van der Waals surface area (Å²) in [7, 11) is 1.58. The van der Waals surface area contributed by atoms with Crippen molar-refractivity contribution in [2.45, 2.75) is 19.9 Å². The third-order valence-corrected chi connectivity index (χ3v) is 3.60. The second kappa shape index (κ2) is 8.72. The molecule has 0 aliphatic heterocycles. The van der Waals surface area contributed by atoms with Crippen molar-refractivity contribution in [2.75, 3.05) is 13.7 Å². The predicted octanol–water partition coefficient (Wildman–Crippen LogP) is 2.73. The third-order valence-electron chi connectivity index (χ3n) is 3.60. The van der Waals surface area contributed by atoms with E-state index in [0.717, 1.165) is 17.5 Å². The Balaban J connectivity index is 1.81. The summed E-state index contributed by atoms with van der Waals surface area (Å²) < 4.78 is 10.2. The van der Waals surface area contributed by atoms with Crippen molar-refractivity contribution in [3.63, 3.8) is 0 Å². The van der Waals surface area contributed by atoms with E-state index in [-0.39, 0.29) is 12.5 Å². The fourth-order valence-corrected chi connectivity index (χ4v) is 2.18. The van der Waals surface area contributed by atoms with E-state index < -0.39 is 5.97 Å². The van der Waals surface area contributed by atoms with E-state index in [0.29, 0.717) is 17.9 Å². The van der Waals surface area contributed by atoms with Crippen LogP contribution in [0.5, 0.6) is 5.75 Å². The van der Waals surface area contributed by atoms with Crippen LogP contribution in [-0.4, -0.2) is 25.6 Å². The van der Waals surface area contributed by atoms with Gasteiger partial charge in [-0.15, -0.1) is 0 Å². The lowest BCUT2D eigenvalue weighted by atomic mass is 10.1. The Morgan fingerprint density at radius 2 is 1.75 bits per heavy atom. The van der Waals surface area contributed by atoms with E-state index >= 15 is 0 Å². The number of rotatable bonds is 7. The van der Waals surface area contributed by atoms with Gasteiger partial charge in [0.25, 0.3) is 5.91 Å². The summed E-state index contributed by atoms with van der Waals surface area (Å²) in [6, 6.07) is 14.6. The molecule has 0 saturated carbocycles. The fraction of sp³-hybridized carbons (Fsp3) is 0.263. The van der Waals surface area contributed by atoms with Crippen LogP contribution in [0.3, 0.4) is 0 Å². The Morgan fingerprint density at radius 3 is 2.42 bits per heavy atom. The molecule has 2 aromatic rings. The van der Waals surface area contributed by atoms with Gasteiger partial charge in [0.2, 0.25) is 0 Å². The number of amides is 1. The third kappa shape index (κ3) is 4.84. The lowest BCUT2D eigenvalue weighted by molar-refractivity contribution is -0.124. The highest BCUT2D eigenvalue weighted by atomic mass is 16.5. The maximum atomic E-state index is 11.9. The SMILES string of the molecule is CCc1ccc(C(=O)OCC(=O)NCc2ccccc2OC)cc1. The summed E-state index contributed by atoms with van der Waals surface area (Å²) >= 11 is 0. The summed E-state index contributed by atoms with van der Waals surface area (Å²) in [5.41, 5.74) is 2.43. The number of esters is 1. The lowest BCUT2D eigenvalue weighted by Crippen LogP contribution is -2.28. The van der Waals surface area contributed by atoms with Gasteiger partial charge in [0.05, 0.1) is 12.7 Å². The number of hydrogen-bond acceptors (Lipinski definition) is 4. The summed E-state index contributed by atoms with van der Waals surface area (Å²) in [5, 5.41) is 2.70. The number of para-hydroxylation sites is 1. The largest absolute Gasteiger partial charge is 0.496 e. The van der Waals surface area contributed by atoms with Crippen molar-refractivity contribution < 1.29 is 19.1 Å². The van der Waals surface area contributed by atoms with Gasteiger partial charge >= 0.3 is 5.97 Å². The topological polar surface area (TPSA) is 64.6 Å². The Kier molecular flexibility index (Phi) is 6.37. The van der Waals surface area contributed by atoms with Gasteiger partial charge in [-0.3, -0.25) is 4.79 Å². The second-order valence-electron chi connectivity index (χ2n) is 5.22. The summed E-state index contributed by atoms with van der Waals surface area (Å²) in [6.45, 7) is 2.04. The number of hydrogen-bond donors (Lipinski definition) is 1. The average Bonchev–Trinajstić information content (AvgIpc) is 2.64. The maximum absolute atomic E-state index is 11.9. The average molecular weight is 327 g/mol. The molecule has 1 N–H and O–H groups in total. The van der Waals surface area contributed by atoms with Crippen molar-refractivity contribution >= 4 is 11.9 Å². The van der Waals surface area contributed by atoms with Crippen LogP contribution in [-0.2, 0) is 22.5 Å². The molecular formula is C19H21NO4. The lowest BCUT2D eigenvalue weighted by Gasteiger charge is -2.10. The Morgan fingerprint density at radius 1 is 1.04 bits per heavy atom. The first-order valence-corrected chi connectivity index (χ1v) is 7.78. The maximum Gasteiger partial charge on any atom is 0.338 e. The molecule has 0 spiro atoms. The monoisotopic (exact) mass is 327 g/mol. The Hall–Kier alpha value is -2.82. The molecule has 0 aliphatic rings. The van der Waals surface area contributed by atoms with E-state index in [2.05, 4.69) is 5.32 Å². The molecule has 24 heavy (non-hydrogen) atoms. The number of carbonyl (C=O) groups excluding carboxylic acids is 2. The number of carbonyl (C=O) groups is 2. The number of benzene rings is 2. The zero-order valence-corrected chi connectivity index (χ0v) is 13.9. The molecule has 0 atom stereocenters. The minimum absolute atomic E-state index is 0.311. The first kappa shape index (κ1) is 17.5. The molecule has 2 aromatic carbocycles. The smallest absolute Gasteiger partial charge is 0.338 e. The molecule has 0 unspecified atom stereocenters. The molecule has 0 bridgehead atoms. The predicted molar refractivity (Wildman–Crippen MR) is 90.9 cm³/mol. The van der Waals surface area contributed by atoms with Crippen molar-refractivity contribution in [2.24, 2.45) is 0 Å². The zero-order valence-electron chi connectivity index (χ0n) is 13.9. The van der Waals surface area contributed by atoms with Crippen molar-refractivity contribution in [3.8, 4) is 5.75 Å². The molecule has 0 aromatic heterocycles. The highest BCUT2D eigenvalue weighted by molar-refractivity contribution is 5.91. The molecule has 126 valence electrons. The van der Waals surface area contributed by atoms with Crippen LogP contribution in [0.25, 0.3) is 0 Å². The number of methoxy groups -OCH3 is 1. The van der Waals surface area contributed by atoms with Crippen molar-refractivity contribution in [3.05, 3.63) is 65.2 Å². The fourth-order valence-electron chi connectivity index (χ4n) is 2.18. The van der Waals surface area contributed by atoms with E-state index in [9.17, 15) is 9.59 Å². The normalized spacial score (nSPS) is 10.1. The van der Waals surface area contributed by atoms with Gasteiger partial charge < -0.3 is 14.8 Å². The molecule has 5 nitrogen and oxygen atoms in total. The van der Waals surface area contributed by atoms with Gasteiger partial charge in [0.1, 0.15) is 5.75 Å². The van der Waals surface area contributed by atoms with Gasteiger partial charge in [0, 0.05) is 12.1 Å². The minimum Gasteiger partial charge on any atom is -0.496 e. The molecule has 1 amide bonds. The zero-order chi connectivity index (χ0) is 17.4. The molecule has 5 heteroatoms. The van der Waals surface area contributed by atoms with Crippen LogP contribution in [0.4, 0.5) is 0 Å². The summed E-state index contributed by atoms with van der Waals surface area (Å²) in [4.78, 5) is 23.7. The van der Waals surface area contributed by atoms with Gasteiger partial charge in [-0.05, 0) is 30.2 Å². The standard InChI is InChI=1S/C19H21NO4/c1-3-14-8-10-15(11-9-14)19(22)24-13-18(21)20-12-16-6-4-5-7-17(16)23-2/h4-11H,3,12-13H2,1-2H3,(H,20,21). The molecule has 0 fully saturated rings. The van der Waals surface area contributed by atoms with Crippen LogP contribution < -0.4 is 10.1 Å². The van der Waals surface area contributed by atoms with E-state index in [1.54, 1.807) is 19.2 Å². The van der Waals surface area contributed by atoms with E-state index in [1.165, 1.54) is 0 Å². The first-order chi connectivity index (χ1) is 11.6. The molecule has 0 heterocycles. The Bertz CT molecular complexity index is 695. The van der Waals surface area contributed by atoms with Crippen molar-refractivity contribution in [1.29, 1.82) is 0 Å². The molecule has 0 radical (unpaired) electrons. The van der Waals surface area contributed by atoms with Crippen LogP contribution in [0.2, 0.25) is 0 Å². The summed E-state index contributed by atoms with van der Waals surface area (Å²) in [5.74, 6) is -0.171. The minimum atomic E-state index is -0.509. The van der Waals surface area contributed by atoms with Gasteiger partial charge in [-0.2, -0.15) is 0 Å². The molecular weight excluding hydrogens is 306 g/mol. The van der Waals surface area contributed by atoms with Crippen LogP contribution in [0.1, 0.15) is 28.4 Å². The molecule has 0 aliphatic carbocycles. The van der Waals surface area contributed by atoms with E-state index in [1.807, 2.05) is 43.3 Å². The van der Waals surface area contributed by atoms with E-state index in [4.69, 9.17) is 9.47 Å². The van der Waals surface area contributed by atoms with Crippen LogP contribution in [0.15, 0.2) is 48.5 Å². The van der Waals surface area contributed by atoms with Gasteiger partial charge in [0.15, 0.2) is 6.61 Å². The highest BCUT2D eigenvalue weighted by Crippen LogP contribution is 2.16. The first-order valence-electron chi connectivity index (χ1n) is 7.78. The number of nitrogens with one attached hydrogen (secondary N) is 1. The quantitative estimate of drug-likeness (QED) is 0.794. The Labute approximate surface area is 141 Å².